The molecule has 2 N–H and O–H groups in total. The molecule has 6 nitrogen and oxygen atoms in total. The molecule has 0 atom stereocenters. The smallest absolute Gasteiger partial charge is 0.191 e. The summed E-state index contributed by atoms with van der Waals surface area (Å²) >= 11 is 0. The number of hydrogen-bond acceptors (Lipinski definition) is 4. The van der Waals surface area contributed by atoms with E-state index < -0.39 is 0 Å². The number of aliphatic imine (C=N–C) groups is 1. The van der Waals surface area contributed by atoms with Crippen molar-refractivity contribution < 1.29 is 9.47 Å². The molecule has 0 heterocycles. The fraction of sp³-hybridized carbons (Fsp3) is 0.696. The number of rotatable bonds is 11. The van der Waals surface area contributed by atoms with Crippen LogP contribution in [0.15, 0.2) is 23.2 Å². The third kappa shape index (κ3) is 7.77. The highest BCUT2D eigenvalue weighted by Gasteiger charge is 2.20. The lowest BCUT2D eigenvalue weighted by atomic mass is 10.1. The van der Waals surface area contributed by atoms with Crippen LogP contribution in [0.3, 0.4) is 0 Å². The minimum Gasteiger partial charge on any atom is -0.493 e. The Kier molecular flexibility index (Phi) is 10.1. The van der Waals surface area contributed by atoms with Crippen LogP contribution in [-0.4, -0.2) is 57.3 Å². The summed E-state index contributed by atoms with van der Waals surface area (Å²) in [5.74, 6) is 2.48. The summed E-state index contributed by atoms with van der Waals surface area (Å²) in [4.78, 5) is 6.73. The van der Waals surface area contributed by atoms with Crippen LogP contribution in [0.2, 0.25) is 0 Å². The summed E-state index contributed by atoms with van der Waals surface area (Å²) < 4.78 is 11.9. The summed E-state index contributed by atoms with van der Waals surface area (Å²) in [6.45, 7) is 7.14. The Morgan fingerprint density at radius 3 is 2.62 bits per heavy atom. The Labute approximate surface area is 177 Å². The summed E-state index contributed by atoms with van der Waals surface area (Å²) in [7, 11) is 5.69. The molecular weight excluding hydrogens is 364 g/mol. The van der Waals surface area contributed by atoms with E-state index in [9.17, 15) is 0 Å². The Hall–Kier alpha value is -1.95. The van der Waals surface area contributed by atoms with Gasteiger partial charge in [-0.25, -0.2) is 0 Å². The number of guanidine groups is 1. The maximum absolute atomic E-state index is 6.32. The molecule has 0 spiro atoms. The number of hydrogen-bond donors (Lipinski definition) is 2. The van der Waals surface area contributed by atoms with Gasteiger partial charge < -0.3 is 25.0 Å². The van der Waals surface area contributed by atoms with Crippen molar-refractivity contribution in [1.29, 1.82) is 0 Å². The summed E-state index contributed by atoms with van der Waals surface area (Å²) in [5, 5.41) is 6.83. The lowest BCUT2D eigenvalue weighted by Crippen LogP contribution is -2.37. The van der Waals surface area contributed by atoms with Crippen molar-refractivity contribution >= 4 is 5.96 Å². The lowest BCUT2D eigenvalue weighted by molar-refractivity contribution is 0.198. The van der Waals surface area contributed by atoms with E-state index in [0.29, 0.717) is 18.7 Å². The van der Waals surface area contributed by atoms with Gasteiger partial charge in [0.2, 0.25) is 0 Å². The highest BCUT2D eigenvalue weighted by molar-refractivity contribution is 5.79. The SMILES string of the molecule is CN=C(NCCCCN(C)C(C)C)NCc1cccc(OC)c1OC1CCCC1. The third-order valence-corrected chi connectivity index (χ3v) is 5.65. The molecule has 164 valence electrons. The van der Waals surface area contributed by atoms with Gasteiger partial charge in [0.25, 0.3) is 0 Å². The average molecular weight is 405 g/mol. The molecule has 6 heteroatoms. The quantitative estimate of drug-likeness (QED) is 0.334. The molecule has 1 aliphatic carbocycles. The Balaban J connectivity index is 1.83. The molecule has 1 aromatic rings. The van der Waals surface area contributed by atoms with E-state index in [0.717, 1.165) is 55.4 Å². The number of nitrogens with one attached hydrogen (secondary N) is 2. The van der Waals surface area contributed by atoms with Crippen LogP contribution in [0.25, 0.3) is 0 Å². The summed E-state index contributed by atoms with van der Waals surface area (Å²) in [5.41, 5.74) is 1.10. The Morgan fingerprint density at radius 1 is 1.21 bits per heavy atom. The first-order chi connectivity index (χ1) is 14.0. The summed E-state index contributed by atoms with van der Waals surface area (Å²) in [6.07, 6.45) is 7.33. The zero-order valence-electron chi connectivity index (χ0n) is 19.0. The molecule has 0 bridgehead atoms. The van der Waals surface area contributed by atoms with Crippen molar-refractivity contribution in [3.05, 3.63) is 23.8 Å². The van der Waals surface area contributed by atoms with E-state index >= 15 is 0 Å². The normalized spacial score (nSPS) is 15.2. The van der Waals surface area contributed by atoms with E-state index in [-0.39, 0.29) is 0 Å². The minimum atomic E-state index is 0.298. The molecule has 29 heavy (non-hydrogen) atoms. The predicted molar refractivity (Wildman–Crippen MR) is 121 cm³/mol. The van der Waals surface area contributed by atoms with Crippen LogP contribution in [0.1, 0.15) is 57.9 Å². The van der Waals surface area contributed by atoms with Crippen molar-refractivity contribution in [2.45, 2.75) is 71.1 Å². The number of ether oxygens (including phenoxy) is 2. The monoisotopic (exact) mass is 404 g/mol. The van der Waals surface area contributed by atoms with Gasteiger partial charge in [0.15, 0.2) is 17.5 Å². The number of unbranched alkanes of at least 4 members (excludes halogenated alkanes) is 1. The van der Waals surface area contributed by atoms with Gasteiger partial charge in [-0.3, -0.25) is 4.99 Å². The van der Waals surface area contributed by atoms with E-state index in [1.807, 2.05) is 19.2 Å². The number of nitrogens with zero attached hydrogens (tertiary/aromatic N) is 2. The largest absolute Gasteiger partial charge is 0.493 e. The molecule has 0 aromatic heterocycles. The lowest BCUT2D eigenvalue weighted by Gasteiger charge is -2.21. The molecule has 1 aromatic carbocycles. The Bertz CT molecular complexity index is 627. The summed E-state index contributed by atoms with van der Waals surface area (Å²) in [6, 6.07) is 6.67. The maximum atomic E-state index is 6.32. The van der Waals surface area contributed by atoms with Gasteiger partial charge in [0.1, 0.15) is 0 Å². The van der Waals surface area contributed by atoms with Gasteiger partial charge in [-0.15, -0.1) is 0 Å². The minimum absolute atomic E-state index is 0.298. The first-order valence-electron chi connectivity index (χ1n) is 11.0. The van der Waals surface area contributed by atoms with Crippen LogP contribution in [-0.2, 0) is 6.54 Å². The fourth-order valence-electron chi connectivity index (χ4n) is 3.52. The van der Waals surface area contributed by atoms with Gasteiger partial charge in [0, 0.05) is 31.7 Å². The van der Waals surface area contributed by atoms with Gasteiger partial charge in [-0.2, -0.15) is 0 Å². The third-order valence-electron chi connectivity index (χ3n) is 5.65. The molecule has 2 rings (SSSR count). The second-order valence-corrected chi connectivity index (χ2v) is 8.11. The standard InChI is InChI=1S/C23H40N4O2/c1-18(2)27(4)16-9-8-15-25-23(24-3)26-17-19-11-10-14-21(28-5)22(19)29-20-12-6-7-13-20/h10-11,14,18,20H,6-9,12-13,15-17H2,1-5H3,(H2,24,25,26). The number of para-hydroxylation sites is 1. The first-order valence-corrected chi connectivity index (χ1v) is 11.0. The predicted octanol–water partition coefficient (Wildman–Crippen LogP) is 3.80. The molecule has 0 saturated heterocycles. The molecule has 1 fully saturated rings. The van der Waals surface area contributed by atoms with Crippen molar-refractivity contribution in [2.24, 2.45) is 4.99 Å². The highest BCUT2D eigenvalue weighted by Crippen LogP contribution is 2.34. The fourth-order valence-corrected chi connectivity index (χ4v) is 3.52. The maximum Gasteiger partial charge on any atom is 0.191 e. The number of benzene rings is 1. The van der Waals surface area contributed by atoms with Crippen molar-refractivity contribution in [1.82, 2.24) is 15.5 Å². The number of methoxy groups -OCH3 is 1. The molecule has 1 aliphatic rings. The molecule has 1 saturated carbocycles. The molecular formula is C23H40N4O2. The van der Waals surface area contributed by atoms with Crippen LogP contribution in [0, 0.1) is 0 Å². The zero-order valence-corrected chi connectivity index (χ0v) is 19.0. The molecule has 0 radical (unpaired) electrons. The van der Waals surface area contributed by atoms with E-state index in [4.69, 9.17) is 9.47 Å². The highest BCUT2D eigenvalue weighted by atomic mass is 16.5. The van der Waals surface area contributed by atoms with Gasteiger partial charge in [0.05, 0.1) is 13.2 Å². The second kappa shape index (κ2) is 12.6. The van der Waals surface area contributed by atoms with Gasteiger partial charge in [-0.1, -0.05) is 12.1 Å². The van der Waals surface area contributed by atoms with E-state index in [1.54, 1.807) is 7.11 Å². The van der Waals surface area contributed by atoms with Crippen LogP contribution in [0.5, 0.6) is 11.5 Å². The van der Waals surface area contributed by atoms with E-state index in [2.05, 4.69) is 47.5 Å². The van der Waals surface area contributed by atoms with Crippen LogP contribution in [0.4, 0.5) is 0 Å². The van der Waals surface area contributed by atoms with Crippen molar-refractivity contribution in [3.8, 4) is 11.5 Å². The molecule has 0 aliphatic heterocycles. The Morgan fingerprint density at radius 2 is 1.97 bits per heavy atom. The molecule has 0 amide bonds. The van der Waals surface area contributed by atoms with Crippen molar-refractivity contribution in [2.75, 3.05) is 34.3 Å². The topological polar surface area (TPSA) is 58.1 Å². The van der Waals surface area contributed by atoms with Crippen LogP contribution >= 0.6 is 0 Å². The first kappa shape index (κ1) is 23.3. The van der Waals surface area contributed by atoms with Gasteiger partial charge in [-0.05, 0) is 72.0 Å². The van der Waals surface area contributed by atoms with Gasteiger partial charge >= 0.3 is 0 Å². The average Bonchev–Trinajstić information content (AvgIpc) is 3.23. The van der Waals surface area contributed by atoms with Crippen LogP contribution < -0.4 is 20.1 Å². The zero-order chi connectivity index (χ0) is 21.1. The van der Waals surface area contributed by atoms with E-state index in [1.165, 1.54) is 19.3 Å². The second-order valence-electron chi connectivity index (χ2n) is 8.11. The molecule has 0 unspecified atom stereocenters. The van der Waals surface area contributed by atoms with Crippen molar-refractivity contribution in [3.63, 3.8) is 0 Å².